The van der Waals surface area contributed by atoms with Crippen molar-refractivity contribution in [2.75, 3.05) is 32.7 Å². The van der Waals surface area contributed by atoms with Crippen LogP contribution >= 0.6 is 24.8 Å². The number of carbonyl (C=O) groups is 1. The molecule has 2 aliphatic rings. The second-order valence-corrected chi connectivity index (χ2v) is 10.9. The Hall–Kier alpha value is -1.73. The van der Waals surface area contributed by atoms with Crippen LogP contribution in [-0.2, 0) is 4.79 Å². The summed E-state index contributed by atoms with van der Waals surface area (Å²) >= 11 is 0. The number of piperazine rings is 1. The molecule has 0 aromatic heterocycles. The molecular weight excluding hydrogens is 503 g/mol. The first-order chi connectivity index (χ1) is 16.2. The van der Waals surface area contributed by atoms with Gasteiger partial charge in [0.15, 0.2) is 0 Å². The van der Waals surface area contributed by atoms with E-state index in [-0.39, 0.29) is 59.9 Å². The molecule has 2 aromatic carbocycles. The van der Waals surface area contributed by atoms with E-state index >= 15 is 0 Å². The minimum Gasteiger partial charge on any atom is -0.337 e. The van der Waals surface area contributed by atoms with Crippen molar-refractivity contribution in [3.8, 4) is 0 Å². The second kappa shape index (κ2) is 13.2. The van der Waals surface area contributed by atoms with Crippen LogP contribution in [0, 0.1) is 23.0 Å². The van der Waals surface area contributed by atoms with Gasteiger partial charge in [-0.1, -0.05) is 45.0 Å². The number of rotatable bonds is 5. The van der Waals surface area contributed by atoms with Crippen molar-refractivity contribution >= 4 is 30.7 Å². The zero-order valence-electron chi connectivity index (χ0n) is 21.4. The van der Waals surface area contributed by atoms with Gasteiger partial charge in [-0.05, 0) is 72.7 Å². The van der Waals surface area contributed by atoms with E-state index in [1.165, 1.54) is 24.3 Å². The van der Waals surface area contributed by atoms with E-state index in [9.17, 15) is 13.6 Å². The normalized spacial score (nSPS) is 19.5. The van der Waals surface area contributed by atoms with Gasteiger partial charge in [0.1, 0.15) is 11.6 Å². The van der Waals surface area contributed by atoms with Crippen molar-refractivity contribution in [3.05, 3.63) is 71.3 Å². The quantitative estimate of drug-likeness (QED) is 0.515. The van der Waals surface area contributed by atoms with Crippen LogP contribution in [0.5, 0.6) is 0 Å². The number of nitrogens with one attached hydrogen (secondary N) is 1. The summed E-state index contributed by atoms with van der Waals surface area (Å²) in [5, 5.41) is 3.38. The van der Waals surface area contributed by atoms with Crippen molar-refractivity contribution in [1.82, 2.24) is 15.1 Å². The molecule has 2 aromatic rings. The summed E-state index contributed by atoms with van der Waals surface area (Å²) in [5.41, 5.74) is 1.84. The molecule has 200 valence electrons. The van der Waals surface area contributed by atoms with Crippen LogP contribution in [0.1, 0.15) is 57.2 Å². The third kappa shape index (κ3) is 7.41. The number of hydrogen-bond donors (Lipinski definition) is 1. The van der Waals surface area contributed by atoms with Crippen LogP contribution in [0.25, 0.3) is 0 Å². The molecule has 0 saturated carbocycles. The van der Waals surface area contributed by atoms with Crippen LogP contribution in [0.3, 0.4) is 0 Å². The third-order valence-corrected chi connectivity index (χ3v) is 7.39. The lowest BCUT2D eigenvalue weighted by Crippen LogP contribution is -2.60. The Morgan fingerprint density at radius 1 is 0.917 bits per heavy atom. The first-order valence-corrected chi connectivity index (χ1v) is 12.5. The summed E-state index contributed by atoms with van der Waals surface area (Å²) in [6, 6.07) is 13.1. The van der Waals surface area contributed by atoms with Gasteiger partial charge in [-0.25, -0.2) is 8.78 Å². The fourth-order valence-corrected chi connectivity index (χ4v) is 5.43. The Morgan fingerprint density at radius 3 is 1.89 bits per heavy atom. The SMILES string of the molecule is CC(C)(C)[C@H]1CN(C(c2ccc(F)cc2)c2ccc(F)cc2)CCN1C(=O)CC1CCNCC1.Cl.Cl. The van der Waals surface area contributed by atoms with Crippen molar-refractivity contribution in [1.29, 1.82) is 0 Å². The topological polar surface area (TPSA) is 35.6 Å². The summed E-state index contributed by atoms with van der Waals surface area (Å²) < 4.78 is 27.4. The minimum atomic E-state index is -0.275. The Bertz CT molecular complexity index is 915. The van der Waals surface area contributed by atoms with Gasteiger partial charge >= 0.3 is 0 Å². The molecule has 8 heteroatoms. The lowest BCUT2D eigenvalue weighted by molar-refractivity contribution is -0.141. The molecule has 0 bridgehead atoms. The van der Waals surface area contributed by atoms with E-state index in [2.05, 4.69) is 35.9 Å². The van der Waals surface area contributed by atoms with Gasteiger partial charge in [-0.15, -0.1) is 24.8 Å². The van der Waals surface area contributed by atoms with Gasteiger partial charge in [-0.3, -0.25) is 9.69 Å². The van der Waals surface area contributed by atoms with E-state index in [4.69, 9.17) is 0 Å². The summed E-state index contributed by atoms with van der Waals surface area (Å²) in [4.78, 5) is 17.9. The Balaban J connectivity index is 0.00000228. The summed E-state index contributed by atoms with van der Waals surface area (Å²) in [5.74, 6) is 0.162. The monoisotopic (exact) mass is 541 g/mol. The van der Waals surface area contributed by atoms with Gasteiger partial charge in [0.05, 0.1) is 6.04 Å². The predicted molar refractivity (Wildman–Crippen MR) is 146 cm³/mol. The number of benzene rings is 2. The lowest BCUT2D eigenvalue weighted by atomic mass is 9.82. The molecule has 4 rings (SSSR count). The zero-order chi connectivity index (χ0) is 24.3. The highest BCUT2D eigenvalue weighted by Gasteiger charge is 2.40. The largest absolute Gasteiger partial charge is 0.337 e. The predicted octanol–water partition coefficient (Wildman–Crippen LogP) is 5.85. The van der Waals surface area contributed by atoms with Crippen LogP contribution in [0.2, 0.25) is 0 Å². The number of nitrogens with zero attached hydrogens (tertiary/aromatic N) is 2. The van der Waals surface area contributed by atoms with Crippen molar-refractivity contribution in [2.24, 2.45) is 11.3 Å². The fourth-order valence-electron chi connectivity index (χ4n) is 5.43. The number of amides is 1. The number of halogens is 4. The highest BCUT2D eigenvalue weighted by molar-refractivity contribution is 5.85. The first kappa shape index (κ1) is 30.5. The first-order valence-electron chi connectivity index (χ1n) is 12.5. The molecule has 2 heterocycles. The smallest absolute Gasteiger partial charge is 0.223 e. The molecule has 1 N–H and O–H groups in total. The molecule has 2 fully saturated rings. The Kier molecular flexibility index (Phi) is 11.2. The molecule has 0 spiro atoms. The minimum absolute atomic E-state index is 0. The molecule has 1 atom stereocenters. The van der Waals surface area contributed by atoms with Crippen LogP contribution in [0.15, 0.2) is 48.5 Å². The molecule has 0 unspecified atom stereocenters. The van der Waals surface area contributed by atoms with Crippen LogP contribution in [-0.4, -0.2) is 54.5 Å². The average molecular weight is 543 g/mol. The molecule has 0 aliphatic carbocycles. The van der Waals surface area contributed by atoms with Crippen molar-refractivity contribution in [2.45, 2.75) is 52.1 Å². The van der Waals surface area contributed by atoms with E-state index in [0.717, 1.165) is 37.1 Å². The van der Waals surface area contributed by atoms with E-state index in [1.807, 2.05) is 24.3 Å². The Labute approximate surface area is 226 Å². The van der Waals surface area contributed by atoms with E-state index in [1.54, 1.807) is 0 Å². The number of hydrogen-bond acceptors (Lipinski definition) is 3. The molecule has 0 radical (unpaired) electrons. The van der Waals surface area contributed by atoms with Crippen molar-refractivity contribution in [3.63, 3.8) is 0 Å². The molecule has 2 saturated heterocycles. The standard InChI is InChI=1S/C28H37F2N3O.2ClH/c1-28(2,3)25-19-32(16-17-33(25)26(34)18-20-12-14-31-15-13-20)27(21-4-8-23(29)9-5-21)22-6-10-24(30)11-7-22;;/h4-11,20,25,27,31H,12-19H2,1-3H3;2*1H/t25-;;/m1../s1. The molecular formula is C28H39Cl2F2N3O. The van der Waals surface area contributed by atoms with Gasteiger partial charge in [0.25, 0.3) is 0 Å². The molecule has 36 heavy (non-hydrogen) atoms. The number of piperidine rings is 1. The Morgan fingerprint density at radius 2 is 1.42 bits per heavy atom. The van der Waals surface area contributed by atoms with E-state index < -0.39 is 0 Å². The molecule has 1 amide bonds. The summed E-state index contributed by atoms with van der Waals surface area (Å²) in [7, 11) is 0. The molecule has 4 nitrogen and oxygen atoms in total. The summed E-state index contributed by atoms with van der Waals surface area (Å²) in [6.45, 7) is 10.6. The third-order valence-electron chi connectivity index (χ3n) is 7.39. The van der Waals surface area contributed by atoms with Crippen LogP contribution < -0.4 is 5.32 Å². The second-order valence-electron chi connectivity index (χ2n) is 10.9. The highest BCUT2D eigenvalue weighted by atomic mass is 35.5. The van der Waals surface area contributed by atoms with Gasteiger partial charge in [-0.2, -0.15) is 0 Å². The highest BCUT2D eigenvalue weighted by Crippen LogP contribution is 2.36. The van der Waals surface area contributed by atoms with Gasteiger partial charge < -0.3 is 10.2 Å². The molecule has 2 aliphatic heterocycles. The van der Waals surface area contributed by atoms with Crippen molar-refractivity contribution < 1.29 is 13.6 Å². The zero-order valence-corrected chi connectivity index (χ0v) is 23.0. The van der Waals surface area contributed by atoms with Gasteiger partial charge in [0.2, 0.25) is 5.91 Å². The average Bonchev–Trinajstić information content (AvgIpc) is 2.82. The maximum atomic E-state index is 13.7. The van der Waals surface area contributed by atoms with Gasteiger partial charge in [0, 0.05) is 32.1 Å². The number of carbonyl (C=O) groups excluding carboxylic acids is 1. The van der Waals surface area contributed by atoms with E-state index in [0.29, 0.717) is 32.0 Å². The maximum Gasteiger partial charge on any atom is 0.223 e. The lowest BCUT2D eigenvalue weighted by Gasteiger charge is -2.49. The fraction of sp³-hybridized carbons (Fsp3) is 0.536. The van der Waals surface area contributed by atoms with Crippen LogP contribution in [0.4, 0.5) is 8.78 Å². The summed E-state index contributed by atoms with van der Waals surface area (Å²) in [6.07, 6.45) is 2.74. The maximum absolute atomic E-state index is 13.7.